The average molecular weight is 197 g/mol. The minimum absolute atomic E-state index is 0.509. The van der Waals surface area contributed by atoms with Gasteiger partial charge in [0.25, 0.3) is 0 Å². The number of rotatable bonds is 7. The highest BCUT2D eigenvalue weighted by atomic mass is 14.9. The van der Waals surface area contributed by atoms with Gasteiger partial charge in [-0.05, 0) is 12.3 Å². The van der Waals surface area contributed by atoms with E-state index in [9.17, 15) is 0 Å². The summed E-state index contributed by atoms with van der Waals surface area (Å²) >= 11 is 0. The van der Waals surface area contributed by atoms with E-state index >= 15 is 0 Å². The van der Waals surface area contributed by atoms with Crippen LogP contribution in [0.5, 0.6) is 0 Å². The molecule has 0 rings (SSSR count). The first-order valence-corrected chi connectivity index (χ1v) is 5.93. The van der Waals surface area contributed by atoms with Crippen LogP contribution in [0.25, 0.3) is 0 Å². The Labute approximate surface area is 90.0 Å². The van der Waals surface area contributed by atoms with Gasteiger partial charge in [0, 0.05) is 12.1 Å². The van der Waals surface area contributed by atoms with Crippen molar-refractivity contribution < 1.29 is 0 Å². The van der Waals surface area contributed by atoms with Gasteiger partial charge in [0.15, 0.2) is 0 Å². The van der Waals surface area contributed by atoms with E-state index in [-0.39, 0.29) is 0 Å². The molecular formula is C13H27N. The highest BCUT2D eigenvalue weighted by Crippen LogP contribution is 2.17. The zero-order valence-electron chi connectivity index (χ0n) is 10.6. The van der Waals surface area contributed by atoms with E-state index in [1.807, 2.05) is 0 Å². The summed E-state index contributed by atoms with van der Waals surface area (Å²) in [6.07, 6.45) is 3.78. The van der Waals surface area contributed by atoms with E-state index in [1.165, 1.54) is 24.8 Å². The minimum atomic E-state index is 0.509. The van der Waals surface area contributed by atoms with Crippen molar-refractivity contribution in [1.29, 1.82) is 0 Å². The Morgan fingerprint density at radius 1 is 1.21 bits per heavy atom. The fourth-order valence-electron chi connectivity index (χ4n) is 1.59. The highest BCUT2D eigenvalue weighted by Gasteiger charge is 2.15. The van der Waals surface area contributed by atoms with Gasteiger partial charge in [0.1, 0.15) is 0 Å². The summed E-state index contributed by atoms with van der Waals surface area (Å²) in [5, 5.41) is 3.60. The first kappa shape index (κ1) is 13.7. The molecule has 0 aliphatic carbocycles. The second-order valence-electron chi connectivity index (χ2n) is 4.75. The van der Waals surface area contributed by atoms with Gasteiger partial charge in [-0.3, -0.25) is 0 Å². The van der Waals surface area contributed by atoms with E-state index in [4.69, 9.17) is 0 Å². The van der Waals surface area contributed by atoms with E-state index < -0.39 is 0 Å². The van der Waals surface area contributed by atoms with Crippen LogP contribution in [0.1, 0.15) is 53.9 Å². The summed E-state index contributed by atoms with van der Waals surface area (Å²) in [4.78, 5) is 0. The molecule has 0 saturated carbocycles. The normalized spacial score (nSPS) is 13.6. The fraction of sp³-hybridized carbons (Fsp3) is 0.846. The third-order valence-electron chi connectivity index (χ3n) is 2.57. The quantitative estimate of drug-likeness (QED) is 0.613. The maximum atomic E-state index is 4.20. The Bertz CT molecular complexity index is 159. The lowest BCUT2D eigenvalue weighted by atomic mass is 9.93. The molecule has 0 aromatic rings. The van der Waals surface area contributed by atoms with E-state index in [2.05, 4.69) is 46.5 Å². The lowest BCUT2D eigenvalue weighted by molar-refractivity contribution is 0.445. The van der Waals surface area contributed by atoms with Crippen LogP contribution in [-0.2, 0) is 0 Å². The molecule has 0 aromatic carbocycles. The van der Waals surface area contributed by atoms with Crippen molar-refractivity contribution in [1.82, 2.24) is 5.32 Å². The second-order valence-corrected chi connectivity index (χ2v) is 4.75. The average Bonchev–Trinajstić information content (AvgIpc) is 2.10. The Morgan fingerprint density at radius 3 is 2.14 bits per heavy atom. The fourth-order valence-corrected chi connectivity index (χ4v) is 1.59. The molecule has 0 spiro atoms. The molecule has 0 radical (unpaired) electrons. The van der Waals surface area contributed by atoms with Crippen LogP contribution < -0.4 is 5.32 Å². The number of hydrogen-bond donors (Lipinski definition) is 1. The molecule has 1 unspecified atom stereocenters. The van der Waals surface area contributed by atoms with Crippen LogP contribution in [0.4, 0.5) is 0 Å². The van der Waals surface area contributed by atoms with Gasteiger partial charge in [-0.2, -0.15) is 0 Å². The maximum absolute atomic E-state index is 4.20. The maximum Gasteiger partial charge on any atom is 0.0281 e. The third-order valence-corrected chi connectivity index (χ3v) is 2.57. The van der Waals surface area contributed by atoms with Gasteiger partial charge < -0.3 is 5.32 Å². The van der Waals surface area contributed by atoms with Crippen molar-refractivity contribution in [2.24, 2.45) is 5.92 Å². The van der Waals surface area contributed by atoms with E-state index in [1.54, 1.807) is 0 Å². The first-order chi connectivity index (χ1) is 6.49. The van der Waals surface area contributed by atoms with Crippen molar-refractivity contribution >= 4 is 0 Å². The van der Waals surface area contributed by atoms with Crippen LogP contribution in [0, 0.1) is 5.92 Å². The smallest absolute Gasteiger partial charge is 0.0281 e. The van der Waals surface area contributed by atoms with Crippen LogP contribution in [-0.4, -0.2) is 12.1 Å². The molecule has 84 valence electrons. The molecule has 1 N–H and O–H groups in total. The Hall–Kier alpha value is -0.300. The summed E-state index contributed by atoms with van der Waals surface area (Å²) in [6.45, 7) is 15.3. The Morgan fingerprint density at radius 2 is 1.79 bits per heavy atom. The predicted molar refractivity (Wildman–Crippen MR) is 65.6 cm³/mol. The van der Waals surface area contributed by atoms with Gasteiger partial charge in [-0.25, -0.2) is 0 Å². The molecule has 0 heterocycles. The molecule has 0 saturated heterocycles. The summed E-state index contributed by atoms with van der Waals surface area (Å²) < 4.78 is 0. The zero-order valence-corrected chi connectivity index (χ0v) is 10.6. The molecule has 0 amide bonds. The van der Waals surface area contributed by atoms with Gasteiger partial charge >= 0.3 is 0 Å². The summed E-state index contributed by atoms with van der Waals surface area (Å²) in [5.74, 6) is 0.586. The molecule has 1 heteroatoms. The molecule has 0 aliphatic heterocycles. The largest absolute Gasteiger partial charge is 0.308 e. The molecule has 1 nitrogen and oxygen atoms in total. The first-order valence-electron chi connectivity index (χ1n) is 5.93. The predicted octanol–water partition coefficient (Wildman–Crippen LogP) is 3.76. The van der Waals surface area contributed by atoms with E-state index in [0.29, 0.717) is 18.0 Å². The Balaban J connectivity index is 4.15. The summed E-state index contributed by atoms with van der Waals surface area (Å²) in [6, 6.07) is 1.06. The lowest BCUT2D eigenvalue weighted by Gasteiger charge is -2.25. The van der Waals surface area contributed by atoms with Crippen molar-refractivity contribution in [2.45, 2.75) is 66.0 Å². The van der Waals surface area contributed by atoms with Crippen LogP contribution in [0.2, 0.25) is 0 Å². The zero-order chi connectivity index (χ0) is 11.1. The van der Waals surface area contributed by atoms with E-state index in [0.717, 1.165) is 0 Å². The molecule has 14 heavy (non-hydrogen) atoms. The summed E-state index contributed by atoms with van der Waals surface area (Å²) in [5.41, 5.74) is 1.35. The van der Waals surface area contributed by atoms with Crippen molar-refractivity contribution in [3.8, 4) is 0 Å². The van der Waals surface area contributed by atoms with Gasteiger partial charge in [0.05, 0.1) is 0 Å². The Kier molecular flexibility index (Phi) is 6.90. The monoisotopic (exact) mass is 197 g/mol. The number of unbranched alkanes of at least 4 members (excludes halogenated alkanes) is 1. The lowest BCUT2D eigenvalue weighted by Crippen LogP contribution is -2.37. The van der Waals surface area contributed by atoms with Crippen LogP contribution in [0.3, 0.4) is 0 Å². The number of hydrogen-bond acceptors (Lipinski definition) is 1. The third kappa shape index (κ3) is 5.43. The van der Waals surface area contributed by atoms with Crippen molar-refractivity contribution in [3.05, 3.63) is 12.2 Å². The SMILES string of the molecule is C=C(C(C)C)C(CCCC)NC(C)C. The molecule has 0 aliphatic rings. The molecule has 0 aromatic heterocycles. The molecule has 0 bridgehead atoms. The van der Waals surface area contributed by atoms with Crippen molar-refractivity contribution in [3.63, 3.8) is 0 Å². The molecular weight excluding hydrogens is 170 g/mol. The second kappa shape index (κ2) is 7.05. The van der Waals surface area contributed by atoms with Gasteiger partial charge in [0.2, 0.25) is 0 Å². The number of nitrogens with one attached hydrogen (secondary N) is 1. The molecule has 0 fully saturated rings. The molecule has 1 atom stereocenters. The topological polar surface area (TPSA) is 12.0 Å². The minimum Gasteiger partial charge on any atom is -0.308 e. The van der Waals surface area contributed by atoms with Crippen LogP contribution >= 0.6 is 0 Å². The van der Waals surface area contributed by atoms with Gasteiger partial charge in [-0.15, -0.1) is 0 Å². The highest BCUT2D eigenvalue weighted by molar-refractivity contribution is 5.08. The summed E-state index contributed by atoms with van der Waals surface area (Å²) in [7, 11) is 0. The standard InChI is InChI=1S/C13H27N/c1-7-8-9-13(14-11(4)5)12(6)10(2)3/h10-11,13-14H,6-9H2,1-5H3. The van der Waals surface area contributed by atoms with Crippen LogP contribution in [0.15, 0.2) is 12.2 Å². The van der Waals surface area contributed by atoms with Crippen molar-refractivity contribution in [2.75, 3.05) is 0 Å². The van der Waals surface area contributed by atoms with Gasteiger partial charge in [-0.1, -0.05) is 59.6 Å².